The molecule has 3 heteroatoms. The van der Waals surface area contributed by atoms with Gasteiger partial charge < -0.3 is 10.0 Å². The van der Waals surface area contributed by atoms with Gasteiger partial charge in [0.15, 0.2) is 0 Å². The van der Waals surface area contributed by atoms with Gasteiger partial charge >= 0.3 is 0 Å². The Morgan fingerprint density at radius 2 is 1.64 bits per heavy atom. The molecule has 1 rings (SSSR count). The Kier molecular flexibility index (Phi) is 4.85. The molecule has 0 spiro atoms. The number of hydrogen-bond donors (Lipinski definition) is 1. The molecular formula is C11H24N2O. The summed E-state index contributed by atoms with van der Waals surface area (Å²) >= 11 is 0. The van der Waals surface area contributed by atoms with E-state index in [0.717, 1.165) is 26.1 Å². The van der Waals surface area contributed by atoms with Crippen molar-refractivity contribution >= 4 is 0 Å². The lowest BCUT2D eigenvalue weighted by Gasteiger charge is -2.37. The zero-order chi connectivity index (χ0) is 10.6. The smallest absolute Gasteiger partial charge is 0.0524 e. The van der Waals surface area contributed by atoms with E-state index < -0.39 is 0 Å². The fraction of sp³-hybridized carbons (Fsp3) is 1.00. The second kappa shape index (κ2) is 5.69. The van der Waals surface area contributed by atoms with Gasteiger partial charge in [-0.25, -0.2) is 0 Å². The van der Waals surface area contributed by atoms with E-state index in [9.17, 15) is 5.11 Å². The van der Waals surface area contributed by atoms with Gasteiger partial charge in [-0.3, -0.25) is 4.90 Å². The lowest BCUT2D eigenvalue weighted by molar-refractivity contribution is 0.0921. The van der Waals surface area contributed by atoms with Crippen LogP contribution in [0.4, 0.5) is 0 Å². The van der Waals surface area contributed by atoms with Gasteiger partial charge in [-0.1, -0.05) is 0 Å². The number of rotatable bonds is 4. The number of hydrogen-bond acceptors (Lipinski definition) is 3. The molecule has 1 heterocycles. The molecule has 1 aliphatic rings. The molecular weight excluding hydrogens is 176 g/mol. The van der Waals surface area contributed by atoms with Gasteiger partial charge in [0.05, 0.1) is 6.10 Å². The highest BCUT2D eigenvalue weighted by Gasteiger charge is 2.18. The molecule has 1 unspecified atom stereocenters. The second-order valence-electron chi connectivity index (χ2n) is 4.61. The summed E-state index contributed by atoms with van der Waals surface area (Å²) in [5, 5.41) is 9.19. The molecule has 0 aromatic heterocycles. The van der Waals surface area contributed by atoms with Gasteiger partial charge in [-0.15, -0.1) is 0 Å². The summed E-state index contributed by atoms with van der Waals surface area (Å²) in [6.07, 6.45) is 0.750. The highest BCUT2D eigenvalue weighted by atomic mass is 16.3. The highest BCUT2D eigenvalue weighted by Crippen LogP contribution is 2.06. The largest absolute Gasteiger partial charge is 0.393 e. The van der Waals surface area contributed by atoms with Crippen LogP contribution in [0.5, 0.6) is 0 Å². The summed E-state index contributed by atoms with van der Waals surface area (Å²) < 4.78 is 0. The van der Waals surface area contributed by atoms with Gasteiger partial charge in [-0.05, 0) is 27.2 Å². The number of nitrogens with zero attached hydrogens (tertiary/aromatic N) is 2. The maximum absolute atomic E-state index is 9.19. The van der Waals surface area contributed by atoms with Crippen LogP contribution in [0.3, 0.4) is 0 Å². The summed E-state index contributed by atoms with van der Waals surface area (Å²) in [7, 11) is 0. The normalized spacial score (nSPS) is 22.9. The Morgan fingerprint density at radius 3 is 2.07 bits per heavy atom. The first-order chi connectivity index (χ1) is 6.59. The number of piperazine rings is 1. The first-order valence-electron chi connectivity index (χ1n) is 5.74. The van der Waals surface area contributed by atoms with Crippen LogP contribution in [0.2, 0.25) is 0 Å². The molecule has 1 aliphatic heterocycles. The molecule has 84 valence electrons. The van der Waals surface area contributed by atoms with Crippen LogP contribution in [0.15, 0.2) is 0 Å². The standard InChI is InChI=1S/C11H24N2O/c1-10(2)13-8-6-12(7-9-13)5-4-11(3)14/h10-11,14H,4-9H2,1-3H3. The second-order valence-corrected chi connectivity index (χ2v) is 4.61. The third-order valence-corrected chi connectivity index (χ3v) is 3.00. The summed E-state index contributed by atoms with van der Waals surface area (Å²) in [6.45, 7) is 12.1. The first-order valence-corrected chi connectivity index (χ1v) is 5.74. The quantitative estimate of drug-likeness (QED) is 0.726. The van der Waals surface area contributed by atoms with E-state index in [1.54, 1.807) is 0 Å². The highest BCUT2D eigenvalue weighted by molar-refractivity contribution is 4.74. The van der Waals surface area contributed by atoms with Gasteiger partial charge in [0, 0.05) is 38.8 Å². The van der Waals surface area contributed by atoms with Crippen LogP contribution >= 0.6 is 0 Å². The summed E-state index contributed by atoms with van der Waals surface area (Å²) in [5.41, 5.74) is 0. The number of aliphatic hydroxyl groups excluding tert-OH is 1. The van der Waals surface area contributed by atoms with E-state index >= 15 is 0 Å². The van der Waals surface area contributed by atoms with Crippen LogP contribution in [0.1, 0.15) is 27.2 Å². The van der Waals surface area contributed by atoms with Crippen molar-refractivity contribution in [3.63, 3.8) is 0 Å². The van der Waals surface area contributed by atoms with Crippen molar-refractivity contribution in [3.8, 4) is 0 Å². The van der Waals surface area contributed by atoms with E-state index in [1.807, 2.05) is 6.92 Å². The molecule has 0 saturated carbocycles. The maximum atomic E-state index is 9.19. The fourth-order valence-electron chi connectivity index (χ4n) is 1.87. The first kappa shape index (κ1) is 12.0. The molecule has 0 aliphatic carbocycles. The predicted molar refractivity (Wildman–Crippen MR) is 59.4 cm³/mol. The molecule has 0 bridgehead atoms. The Balaban J connectivity index is 2.16. The third-order valence-electron chi connectivity index (χ3n) is 3.00. The minimum atomic E-state index is -0.155. The van der Waals surface area contributed by atoms with Crippen molar-refractivity contribution in [2.45, 2.75) is 39.3 Å². The zero-order valence-electron chi connectivity index (χ0n) is 9.74. The van der Waals surface area contributed by atoms with Gasteiger partial charge in [0.1, 0.15) is 0 Å². The average Bonchev–Trinajstić information content (AvgIpc) is 2.15. The molecule has 1 saturated heterocycles. The molecule has 1 N–H and O–H groups in total. The molecule has 1 atom stereocenters. The van der Waals surface area contributed by atoms with E-state index in [2.05, 4.69) is 23.6 Å². The molecule has 0 amide bonds. The third kappa shape index (κ3) is 3.95. The van der Waals surface area contributed by atoms with Crippen LogP contribution in [0, 0.1) is 0 Å². The molecule has 3 nitrogen and oxygen atoms in total. The summed E-state index contributed by atoms with van der Waals surface area (Å²) in [5.74, 6) is 0. The van der Waals surface area contributed by atoms with Crippen LogP contribution < -0.4 is 0 Å². The van der Waals surface area contributed by atoms with E-state index in [0.29, 0.717) is 6.04 Å². The van der Waals surface area contributed by atoms with Crippen molar-refractivity contribution in [3.05, 3.63) is 0 Å². The van der Waals surface area contributed by atoms with Crippen LogP contribution in [0.25, 0.3) is 0 Å². The Labute approximate surface area is 87.7 Å². The van der Waals surface area contributed by atoms with Crippen molar-refractivity contribution in [2.75, 3.05) is 32.7 Å². The maximum Gasteiger partial charge on any atom is 0.0524 e. The van der Waals surface area contributed by atoms with Gasteiger partial charge in [-0.2, -0.15) is 0 Å². The SMILES string of the molecule is CC(O)CCN1CCN(C(C)C)CC1. The topological polar surface area (TPSA) is 26.7 Å². The van der Waals surface area contributed by atoms with Crippen LogP contribution in [-0.2, 0) is 0 Å². The zero-order valence-corrected chi connectivity index (χ0v) is 9.74. The van der Waals surface area contributed by atoms with Crippen molar-refractivity contribution in [1.29, 1.82) is 0 Å². The molecule has 0 radical (unpaired) electrons. The van der Waals surface area contributed by atoms with Gasteiger partial charge in [0.2, 0.25) is 0 Å². The summed E-state index contributed by atoms with van der Waals surface area (Å²) in [6, 6.07) is 0.675. The minimum absolute atomic E-state index is 0.155. The minimum Gasteiger partial charge on any atom is -0.393 e. The Hall–Kier alpha value is -0.120. The lowest BCUT2D eigenvalue weighted by Crippen LogP contribution is -2.49. The average molecular weight is 200 g/mol. The van der Waals surface area contributed by atoms with Crippen LogP contribution in [-0.4, -0.2) is 59.8 Å². The van der Waals surface area contributed by atoms with E-state index in [1.165, 1.54) is 13.1 Å². The predicted octanol–water partition coefficient (Wildman–Crippen LogP) is 0.783. The monoisotopic (exact) mass is 200 g/mol. The van der Waals surface area contributed by atoms with Crippen molar-refractivity contribution in [1.82, 2.24) is 9.80 Å². The molecule has 14 heavy (non-hydrogen) atoms. The van der Waals surface area contributed by atoms with Crippen molar-refractivity contribution < 1.29 is 5.11 Å². The Morgan fingerprint density at radius 1 is 1.07 bits per heavy atom. The lowest BCUT2D eigenvalue weighted by atomic mass is 10.2. The molecule has 0 aromatic carbocycles. The van der Waals surface area contributed by atoms with Crippen molar-refractivity contribution in [2.24, 2.45) is 0 Å². The molecule has 0 aromatic rings. The molecule has 1 fully saturated rings. The number of aliphatic hydroxyl groups is 1. The fourth-order valence-corrected chi connectivity index (χ4v) is 1.87. The summed E-state index contributed by atoms with van der Waals surface area (Å²) in [4.78, 5) is 4.96. The van der Waals surface area contributed by atoms with E-state index in [-0.39, 0.29) is 6.10 Å². The van der Waals surface area contributed by atoms with Gasteiger partial charge in [0.25, 0.3) is 0 Å². The van der Waals surface area contributed by atoms with E-state index in [4.69, 9.17) is 0 Å². The Bertz CT molecular complexity index is 151.